The van der Waals surface area contributed by atoms with Crippen molar-refractivity contribution in [1.82, 2.24) is 5.32 Å². The number of carbonyl (C=O) groups is 2. The van der Waals surface area contributed by atoms with Gasteiger partial charge in [0.25, 0.3) is 0 Å². The van der Waals surface area contributed by atoms with Crippen molar-refractivity contribution < 1.29 is 14.7 Å². The van der Waals surface area contributed by atoms with Crippen molar-refractivity contribution in [2.75, 3.05) is 18.5 Å². The lowest BCUT2D eigenvalue weighted by Gasteiger charge is -2.29. The lowest BCUT2D eigenvalue weighted by molar-refractivity contribution is -0.134. The number of anilines is 1. The second-order valence-corrected chi connectivity index (χ2v) is 6.30. The van der Waals surface area contributed by atoms with E-state index in [1.54, 1.807) is 24.3 Å². The number of rotatable bonds is 6. The summed E-state index contributed by atoms with van der Waals surface area (Å²) in [6.45, 7) is 0.489. The summed E-state index contributed by atoms with van der Waals surface area (Å²) in [6.07, 6.45) is 3.89. The molecule has 126 valence electrons. The number of hydrogen-bond donors (Lipinski definition) is 3. The minimum absolute atomic E-state index is 0.0471. The van der Waals surface area contributed by atoms with Crippen LogP contribution < -0.4 is 10.6 Å². The van der Waals surface area contributed by atoms with E-state index in [4.69, 9.17) is 16.7 Å². The van der Waals surface area contributed by atoms with Crippen LogP contribution in [-0.4, -0.2) is 30.1 Å². The van der Waals surface area contributed by atoms with Crippen LogP contribution in [0.25, 0.3) is 0 Å². The van der Waals surface area contributed by atoms with Crippen molar-refractivity contribution in [3.05, 3.63) is 29.3 Å². The molecule has 0 bridgehead atoms. The Bertz CT molecular complexity index is 533. The summed E-state index contributed by atoms with van der Waals surface area (Å²) in [5.41, 5.74) is 0.685. The van der Waals surface area contributed by atoms with Gasteiger partial charge in [-0.1, -0.05) is 24.4 Å². The Labute approximate surface area is 141 Å². The summed E-state index contributed by atoms with van der Waals surface area (Å²) in [4.78, 5) is 24.8. The molecule has 0 aliphatic heterocycles. The number of aliphatic hydroxyl groups is 1. The lowest BCUT2D eigenvalue weighted by Crippen LogP contribution is -2.42. The highest BCUT2D eigenvalue weighted by atomic mass is 35.5. The van der Waals surface area contributed by atoms with Gasteiger partial charge in [0.05, 0.1) is 0 Å². The molecule has 0 aromatic heterocycles. The van der Waals surface area contributed by atoms with Crippen LogP contribution >= 0.6 is 11.6 Å². The number of amides is 2. The van der Waals surface area contributed by atoms with Crippen molar-refractivity contribution in [3.63, 3.8) is 0 Å². The molecule has 0 saturated heterocycles. The van der Waals surface area contributed by atoms with Crippen LogP contribution in [0.5, 0.6) is 0 Å². The predicted octanol–water partition coefficient (Wildman–Crippen LogP) is 2.58. The molecule has 5 nitrogen and oxygen atoms in total. The van der Waals surface area contributed by atoms with Gasteiger partial charge in [-0.15, -0.1) is 0 Å². The van der Waals surface area contributed by atoms with Crippen molar-refractivity contribution in [3.8, 4) is 0 Å². The Balaban J connectivity index is 1.97. The molecule has 23 heavy (non-hydrogen) atoms. The summed E-state index contributed by atoms with van der Waals surface area (Å²) in [7, 11) is 0. The van der Waals surface area contributed by atoms with E-state index in [-0.39, 0.29) is 30.3 Å². The molecule has 0 unspecified atom stereocenters. The first-order chi connectivity index (χ1) is 11.1. The van der Waals surface area contributed by atoms with E-state index in [0.717, 1.165) is 25.7 Å². The van der Waals surface area contributed by atoms with E-state index in [1.807, 2.05) is 0 Å². The average molecular weight is 339 g/mol. The molecule has 0 spiro atoms. The van der Waals surface area contributed by atoms with Gasteiger partial charge in [0.15, 0.2) is 0 Å². The van der Waals surface area contributed by atoms with Crippen LogP contribution in [0, 0.1) is 11.8 Å². The zero-order chi connectivity index (χ0) is 16.7. The highest BCUT2D eigenvalue weighted by Crippen LogP contribution is 2.31. The number of nitrogens with one attached hydrogen (secondary N) is 2. The fourth-order valence-electron chi connectivity index (χ4n) is 2.95. The number of benzene rings is 1. The van der Waals surface area contributed by atoms with Gasteiger partial charge < -0.3 is 15.7 Å². The standard InChI is InChI=1S/C17H23ClN2O3/c18-12-6-8-13(9-7-12)20-17(23)15-5-2-1-4-14(15)16(22)19-10-3-11-21/h6-9,14-15,21H,1-5,10-11H2,(H,19,22)(H,20,23)/t14-,15+/m1/s1. The molecular formula is C17H23ClN2O3. The SMILES string of the molecule is O=C(Nc1ccc(Cl)cc1)[C@H]1CCCC[C@H]1C(=O)NCCCO. The minimum atomic E-state index is -0.312. The van der Waals surface area contributed by atoms with Crippen molar-refractivity contribution in [2.24, 2.45) is 11.8 Å². The van der Waals surface area contributed by atoms with Gasteiger partial charge >= 0.3 is 0 Å². The van der Waals surface area contributed by atoms with Gasteiger partial charge in [0.2, 0.25) is 11.8 Å². The van der Waals surface area contributed by atoms with Gasteiger partial charge in [-0.25, -0.2) is 0 Å². The number of hydrogen-bond acceptors (Lipinski definition) is 3. The molecule has 1 aromatic carbocycles. The third-order valence-corrected chi connectivity index (χ3v) is 4.44. The maximum Gasteiger partial charge on any atom is 0.228 e. The molecule has 0 heterocycles. The first-order valence-electron chi connectivity index (χ1n) is 8.07. The van der Waals surface area contributed by atoms with Gasteiger partial charge in [0, 0.05) is 35.7 Å². The third-order valence-electron chi connectivity index (χ3n) is 4.19. The summed E-state index contributed by atoms with van der Waals surface area (Å²) in [5, 5.41) is 15.1. The van der Waals surface area contributed by atoms with Crippen LogP contribution in [-0.2, 0) is 9.59 Å². The van der Waals surface area contributed by atoms with Crippen LogP contribution in [0.4, 0.5) is 5.69 Å². The summed E-state index contributed by atoms with van der Waals surface area (Å²) in [6, 6.07) is 6.94. The molecular weight excluding hydrogens is 316 g/mol. The summed E-state index contributed by atoms with van der Waals surface area (Å²) < 4.78 is 0. The molecule has 0 radical (unpaired) electrons. The first-order valence-corrected chi connectivity index (χ1v) is 8.44. The highest BCUT2D eigenvalue weighted by Gasteiger charge is 2.35. The summed E-state index contributed by atoms with van der Waals surface area (Å²) in [5.74, 6) is -0.813. The number of carbonyl (C=O) groups excluding carboxylic acids is 2. The molecule has 1 aliphatic rings. The van der Waals surface area contributed by atoms with Gasteiger partial charge in [0.1, 0.15) is 0 Å². The molecule has 1 fully saturated rings. The maximum absolute atomic E-state index is 12.5. The van der Waals surface area contributed by atoms with E-state index in [2.05, 4.69) is 10.6 Å². The Kier molecular flexibility index (Phi) is 6.86. The van der Waals surface area contributed by atoms with Crippen molar-refractivity contribution in [1.29, 1.82) is 0 Å². The number of halogens is 1. The van der Waals surface area contributed by atoms with Crippen LogP contribution in [0.15, 0.2) is 24.3 Å². The number of aliphatic hydroxyl groups excluding tert-OH is 1. The molecule has 6 heteroatoms. The van der Waals surface area contributed by atoms with E-state index in [9.17, 15) is 9.59 Å². The Morgan fingerprint density at radius 2 is 1.70 bits per heavy atom. The van der Waals surface area contributed by atoms with Gasteiger partial charge in [-0.3, -0.25) is 9.59 Å². The van der Waals surface area contributed by atoms with Crippen molar-refractivity contribution in [2.45, 2.75) is 32.1 Å². The Morgan fingerprint density at radius 3 is 2.30 bits per heavy atom. The normalized spacial score (nSPS) is 20.8. The molecule has 2 amide bonds. The zero-order valence-electron chi connectivity index (χ0n) is 13.1. The predicted molar refractivity (Wildman–Crippen MR) is 90.2 cm³/mol. The van der Waals surface area contributed by atoms with E-state index in [1.165, 1.54) is 0 Å². The lowest BCUT2D eigenvalue weighted by atomic mass is 9.78. The molecule has 2 atom stereocenters. The van der Waals surface area contributed by atoms with E-state index >= 15 is 0 Å². The summed E-state index contributed by atoms with van der Waals surface area (Å²) >= 11 is 5.84. The second kappa shape index (κ2) is 8.89. The first kappa shape index (κ1) is 17.8. The van der Waals surface area contributed by atoms with E-state index < -0.39 is 0 Å². The van der Waals surface area contributed by atoms with Gasteiger partial charge in [-0.05, 0) is 43.5 Å². The van der Waals surface area contributed by atoms with Gasteiger partial charge in [-0.2, -0.15) is 0 Å². The van der Waals surface area contributed by atoms with Crippen molar-refractivity contribution >= 4 is 29.1 Å². The minimum Gasteiger partial charge on any atom is -0.396 e. The third kappa shape index (κ3) is 5.22. The maximum atomic E-state index is 12.5. The smallest absolute Gasteiger partial charge is 0.228 e. The fraction of sp³-hybridized carbons (Fsp3) is 0.529. The van der Waals surface area contributed by atoms with E-state index in [0.29, 0.717) is 23.7 Å². The average Bonchev–Trinajstić information content (AvgIpc) is 2.57. The molecule has 3 N–H and O–H groups in total. The molecule has 2 rings (SSSR count). The quantitative estimate of drug-likeness (QED) is 0.697. The topological polar surface area (TPSA) is 78.4 Å². The van der Waals surface area contributed by atoms with Crippen LogP contribution in [0.1, 0.15) is 32.1 Å². The molecule has 1 saturated carbocycles. The monoisotopic (exact) mass is 338 g/mol. The Morgan fingerprint density at radius 1 is 1.09 bits per heavy atom. The Hall–Kier alpha value is -1.59. The zero-order valence-corrected chi connectivity index (χ0v) is 13.8. The van der Waals surface area contributed by atoms with Crippen LogP contribution in [0.2, 0.25) is 5.02 Å². The second-order valence-electron chi connectivity index (χ2n) is 5.86. The molecule has 1 aromatic rings. The fourth-order valence-corrected chi connectivity index (χ4v) is 3.07. The largest absolute Gasteiger partial charge is 0.396 e. The van der Waals surface area contributed by atoms with Crippen LogP contribution in [0.3, 0.4) is 0 Å². The molecule has 1 aliphatic carbocycles. The highest BCUT2D eigenvalue weighted by molar-refractivity contribution is 6.30.